The van der Waals surface area contributed by atoms with Crippen LogP contribution < -0.4 is 5.01 Å². The maximum absolute atomic E-state index is 11.1. The third-order valence-corrected chi connectivity index (χ3v) is 4.20. The van der Waals surface area contributed by atoms with Crippen molar-refractivity contribution in [3.63, 3.8) is 0 Å². The molecule has 2 aliphatic heterocycles. The fraction of sp³-hybridized carbons (Fsp3) is 0.583. The summed E-state index contributed by atoms with van der Waals surface area (Å²) in [5.41, 5.74) is 0.971. The summed E-state index contributed by atoms with van der Waals surface area (Å²) in [4.78, 5) is 17.6. The van der Waals surface area contributed by atoms with Gasteiger partial charge in [-0.3, -0.25) is 0 Å². The third-order valence-electron chi connectivity index (χ3n) is 4.20. The van der Waals surface area contributed by atoms with Crippen molar-refractivity contribution >= 4 is 5.82 Å². The van der Waals surface area contributed by atoms with Gasteiger partial charge >= 0.3 is 0 Å². The molecule has 1 aromatic rings. The standard InChI is InChI=1S/C12H16N4O2/c1-14-7-4-12(5-8-14)9-15(16(17)18)11-10(12)3-2-6-13-11/h2-3,6H,4-5,7-9H2,1H3. The monoisotopic (exact) mass is 248 g/mol. The molecular formula is C12H16N4O2. The number of hydrogen-bond donors (Lipinski definition) is 0. The van der Waals surface area contributed by atoms with E-state index in [1.807, 2.05) is 12.1 Å². The van der Waals surface area contributed by atoms with Gasteiger partial charge in [-0.15, -0.1) is 0 Å². The SMILES string of the molecule is CN1CCC2(CC1)CN([N+](=O)[O-])c1ncccc12. The highest BCUT2D eigenvalue weighted by atomic mass is 16.7. The lowest BCUT2D eigenvalue weighted by molar-refractivity contribution is -0.494. The number of nitrogens with zero attached hydrogens (tertiary/aromatic N) is 4. The Kier molecular flexibility index (Phi) is 2.48. The normalized spacial score (nSPS) is 22.2. The van der Waals surface area contributed by atoms with E-state index in [1.165, 1.54) is 5.01 Å². The predicted octanol–water partition coefficient (Wildman–Crippen LogP) is 1.06. The largest absolute Gasteiger partial charge is 0.306 e. The number of nitro groups is 1. The number of hydrazine groups is 1. The fourth-order valence-corrected chi connectivity index (χ4v) is 3.07. The van der Waals surface area contributed by atoms with Crippen molar-refractivity contribution in [1.82, 2.24) is 9.88 Å². The van der Waals surface area contributed by atoms with Gasteiger partial charge in [-0.2, -0.15) is 0 Å². The summed E-state index contributed by atoms with van der Waals surface area (Å²) in [6.45, 7) is 2.43. The van der Waals surface area contributed by atoms with Crippen molar-refractivity contribution in [1.29, 1.82) is 0 Å². The van der Waals surface area contributed by atoms with Crippen LogP contribution in [0.1, 0.15) is 18.4 Å². The van der Waals surface area contributed by atoms with Crippen LogP contribution in [0.5, 0.6) is 0 Å². The molecule has 0 amide bonds. The average molecular weight is 248 g/mol. The summed E-state index contributed by atoms with van der Waals surface area (Å²) < 4.78 is 0. The van der Waals surface area contributed by atoms with Crippen LogP contribution in [0.4, 0.5) is 5.82 Å². The van der Waals surface area contributed by atoms with E-state index in [9.17, 15) is 10.1 Å². The number of rotatable bonds is 1. The smallest absolute Gasteiger partial charge is 0.197 e. The van der Waals surface area contributed by atoms with Gasteiger partial charge in [0.2, 0.25) is 0 Å². The summed E-state index contributed by atoms with van der Waals surface area (Å²) in [7, 11) is 2.09. The van der Waals surface area contributed by atoms with Crippen molar-refractivity contribution in [3.8, 4) is 0 Å². The van der Waals surface area contributed by atoms with Crippen LogP contribution in [0.15, 0.2) is 18.3 Å². The van der Waals surface area contributed by atoms with Gasteiger partial charge in [0.05, 0.1) is 6.54 Å². The number of anilines is 1. The number of fused-ring (bicyclic) bond motifs is 2. The van der Waals surface area contributed by atoms with Crippen molar-refractivity contribution in [2.24, 2.45) is 0 Å². The zero-order valence-electron chi connectivity index (χ0n) is 10.4. The molecular weight excluding hydrogens is 232 g/mol. The van der Waals surface area contributed by atoms with Crippen LogP contribution in [0, 0.1) is 10.1 Å². The molecule has 6 heteroatoms. The van der Waals surface area contributed by atoms with Crippen LogP contribution in [0.2, 0.25) is 0 Å². The molecule has 1 aromatic heterocycles. The molecule has 1 spiro atoms. The van der Waals surface area contributed by atoms with E-state index in [4.69, 9.17) is 0 Å². The quantitative estimate of drug-likeness (QED) is 0.549. The molecule has 18 heavy (non-hydrogen) atoms. The highest BCUT2D eigenvalue weighted by molar-refractivity contribution is 5.55. The van der Waals surface area contributed by atoms with Gasteiger partial charge in [-0.1, -0.05) is 11.1 Å². The Balaban J connectivity index is 2.02. The lowest BCUT2D eigenvalue weighted by Gasteiger charge is -2.37. The van der Waals surface area contributed by atoms with Crippen LogP contribution in [-0.2, 0) is 5.41 Å². The van der Waals surface area contributed by atoms with Gasteiger partial charge in [0.1, 0.15) is 0 Å². The molecule has 2 aliphatic rings. The molecule has 1 saturated heterocycles. The van der Waals surface area contributed by atoms with E-state index >= 15 is 0 Å². The Hall–Kier alpha value is -1.69. The van der Waals surface area contributed by atoms with Crippen molar-refractivity contribution in [2.45, 2.75) is 18.3 Å². The van der Waals surface area contributed by atoms with E-state index in [0.717, 1.165) is 31.5 Å². The van der Waals surface area contributed by atoms with Gasteiger partial charge in [0.25, 0.3) is 0 Å². The van der Waals surface area contributed by atoms with Gasteiger partial charge < -0.3 is 4.90 Å². The molecule has 0 saturated carbocycles. The van der Waals surface area contributed by atoms with Crippen molar-refractivity contribution in [2.75, 3.05) is 31.7 Å². The van der Waals surface area contributed by atoms with Crippen LogP contribution in [-0.4, -0.2) is 41.6 Å². The Bertz CT molecular complexity index is 483. The molecule has 0 radical (unpaired) electrons. The second-order valence-corrected chi connectivity index (χ2v) is 5.25. The van der Waals surface area contributed by atoms with E-state index < -0.39 is 0 Å². The zero-order valence-corrected chi connectivity index (χ0v) is 10.4. The average Bonchev–Trinajstić information content (AvgIpc) is 2.69. The minimum absolute atomic E-state index is 0.0802. The van der Waals surface area contributed by atoms with Crippen molar-refractivity contribution < 1.29 is 5.03 Å². The van der Waals surface area contributed by atoms with Crippen molar-refractivity contribution in [3.05, 3.63) is 34.0 Å². The summed E-state index contributed by atoms with van der Waals surface area (Å²) >= 11 is 0. The first-order valence-corrected chi connectivity index (χ1v) is 6.18. The number of hydrogen-bond acceptors (Lipinski definition) is 4. The maximum Gasteiger partial charge on any atom is 0.197 e. The molecule has 0 atom stereocenters. The Morgan fingerprint density at radius 3 is 2.83 bits per heavy atom. The molecule has 96 valence electrons. The van der Waals surface area contributed by atoms with Gasteiger partial charge in [-0.25, -0.2) is 15.1 Å². The summed E-state index contributed by atoms with van der Waals surface area (Å²) in [5.74, 6) is 0.534. The molecule has 0 N–H and O–H groups in total. The lowest BCUT2D eigenvalue weighted by Crippen LogP contribution is -2.44. The summed E-state index contributed by atoms with van der Waals surface area (Å²) in [6.07, 6.45) is 3.56. The van der Waals surface area contributed by atoms with Crippen LogP contribution in [0.25, 0.3) is 0 Å². The Morgan fingerprint density at radius 2 is 2.17 bits per heavy atom. The molecule has 1 fully saturated rings. The number of likely N-dealkylation sites (tertiary alicyclic amines) is 1. The first kappa shape index (κ1) is 11.4. The maximum atomic E-state index is 11.1. The first-order chi connectivity index (χ1) is 8.62. The zero-order chi connectivity index (χ0) is 12.8. The molecule has 0 aliphatic carbocycles. The second kappa shape index (κ2) is 3.91. The summed E-state index contributed by atoms with van der Waals surface area (Å²) in [6, 6.07) is 3.87. The van der Waals surface area contributed by atoms with E-state index in [2.05, 4.69) is 16.9 Å². The highest BCUT2D eigenvalue weighted by Crippen LogP contribution is 2.45. The molecule has 3 heterocycles. The van der Waals surface area contributed by atoms with Gasteiger partial charge in [-0.05, 0) is 39.0 Å². The van der Waals surface area contributed by atoms with Gasteiger partial charge in [0.15, 0.2) is 10.9 Å². The van der Waals surface area contributed by atoms with E-state index in [1.54, 1.807) is 6.20 Å². The third kappa shape index (κ3) is 1.56. The molecule has 0 unspecified atom stereocenters. The number of aromatic nitrogens is 1. The van der Waals surface area contributed by atoms with E-state index in [-0.39, 0.29) is 10.4 Å². The molecule has 0 bridgehead atoms. The van der Waals surface area contributed by atoms with E-state index in [0.29, 0.717) is 12.4 Å². The van der Waals surface area contributed by atoms with Crippen LogP contribution >= 0.6 is 0 Å². The molecule has 3 rings (SSSR count). The number of pyridine rings is 1. The van der Waals surface area contributed by atoms with Gasteiger partial charge in [0, 0.05) is 17.2 Å². The van der Waals surface area contributed by atoms with Crippen LogP contribution in [0.3, 0.4) is 0 Å². The first-order valence-electron chi connectivity index (χ1n) is 6.18. The molecule has 6 nitrogen and oxygen atoms in total. The Labute approximate surface area is 105 Å². The number of piperidine rings is 1. The lowest BCUT2D eigenvalue weighted by atomic mass is 9.75. The Morgan fingerprint density at radius 1 is 1.44 bits per heavy atom. The predicted molar refractivity (Wildman–Crippen MR) is 67.0 cm³/mol. The topological polar surface area (TPSA) is 62.5 Å². The molecule has 0 aromatic carbocycles. The second-order valence-electron chi connectivity index (χ2n) is 5.25. The minimum atomic E-state index is -0.334. The minimum Gasteiger partial charge on any atom is -0.306 e. The summed E-state index contributed by atoms with van der Waals surface area (Å²) in [5, 5.41) is 12.0. The fourth-order valence-electron chi connectivity index (χ4n) is 3.07. The highest BCUT2D eigenvalue weighted by Gasteiger charge is 2.49.